The van der Waals surface area contributed by atoms with Crippen molar-refractivity contribution in [3.05, 3.63) is 0 Å². The van der Waals surface area contributed by atoms with Gasteiger partial charge in [-0.3, -0.25) is 4.79 Å². The summed E-state index contributed by atoms with van der Waals surface area (Å²) in [5.41, 5.74) is 6.37. The van der Waals surface area contributed by atoms with Crippen molar-refractivity contribution >= 4 is 5.91 Å². The third-order valence-electron chi connectivity index (χ3n) is 5.10. The van der Waals surface area contributed by atoms with Crippen LogP contribution in [0.2, 0.25) is 0 Å². The van der Waals surface area contributed by atoms with E-state index in [1.807, 2.05) is 0 Å². The van der Waals surface area contributed by atoms with Gasteiger partial charge in [0.25, 0.3) is 0 Å². The van der Waals surface area contributed by atoms with Crippen molar-refractivity contribution < 1.29 is 4.79 Å². The molecule has 19 heavy (non-hydrogen) atoms. The van der Waals surface area contributed by atoms with Crippen LogP contribution >= 0.6 is 0 Å². The fraction of sp³-hybridized carbons (Fsp3) is 0.938. The van der Waals surface area contributed by atoms with E-state index in [0.29, 0.717) is 11.3 Å². The Morgan fingerprint density at radius 1 is 1.21 bits per heavy atom. The minimum atomic E-state index is 0.144. The molecule has 0 bridgehead atoms. The fourth-order valence-electron chi connectivity index (χ4n) is 3.90. The van der Waals surface area contributed by atoms with E-state index < -0.39 is 0 Å². The first kappa shape index (κ1) is 14.8. The molecule has 2 saturated carbocycles. The minimum Gasteiger partial charge on any atom is -0.355 e. The van der Waals surface area contributed by atoms with E-state index in [0.717, 1.165) is 25.8 Å². The Kier molecular flexibility index (Phi) is 4.88. The summed E-state index contributed by atoms with van der Waals surface area (Å²) in [6, 6.07) is 0.213. The number of carbonyl (C=O) groups is 1. The molecule has 0 aromatic carbocycles. The first-order valence-electron chi connectivity index (χ1n) is 8.02. The molecule has 0 aliphatic heterocycles. The van der Waals surface area contributed by atoms with Crippen molar-refractivity contribution in [1.29, 1.82) is 0 Å². The van der Waals surface area contributed by atoms with Crippen molar-refractivity contribution in [2.75, 3.05) is 6.54 Å². The molecular formula is C16H30N2O. The molecule has 0 spiro atoms. The van der Waals surface area contributed by atoms with Gasteiger partial charge in [0.15, 0.2) is 0 Å². The first-order chi connectivity index (χ1) is 8.98. The van der Waals surface area contributed by atoms with Crippen LogP contribution in [0.5, 0.6) is 0 Å². The molecule has 2 rings (SSSR count). The van der Waals surface area contributed by atoms with Crippen molar-refractivity contribution in [2.45, 2.75) is 71.3 Å². The van der Waals surface area contributed by atoms with Crippen LogP contribution in [0.15, 0.2) is 0 Å². The average molecular weight is 266 g/mol. The Morgan fingerprint density at radius 2 is 1.89 bits per heavy atom. The van der Waals surface area contributed by atoms with E-state index in [1.165, 1.54) is 32.1 Å². The third kappa shape index (κ3) is 4.20. The molecule has 0 saturated heterocycles. The predicted octanol–water partition coefficient (Wildman–Crippen LogP) is 2.84. The fourth-order valence-corrected chi connectivity index (χ4v) is 3.90. The van der Waals surface area contributed by atoms with E-state index in [4.69, 9.17) is 5.73 Å². The molecule has 2 aliphatic rings. The van der Waals surface area contributed by atoms with Gasteiger partial charge < -0.3 is 11.1 Å². The maximum atomic E-state index is 12.3. The topological polar surface area (TPSA) is 55.1 Å². The number of hydrogen-bond acceptors (Lipinski definition) is 2. The van der Waals surface area contributed by atoms with Gasteiger partial charge in [0.2, 0.25) is 5.91 Å². The highest BCUT2D eigenvalue weighted by molar-refractivity contribution is 5.78. The van der Waals surface area contributed by atoms with E-state index in [9.17, 15) is 4.79 Å². The van der Waals surface area contributed by atoms with Crippen LogP contribution in [0, 0.1) is 17.3 Å². The molecule has 1 amide bonds. The summed E-state index contributed by atoms with van der Waals surface area (Å²) in [5, 5.41) is 3.21. The van der Waals surface area contributed by atoms with Gasteiger partial charge in [0.05, 0.1) is 0 Å². The number of amides is 1. The van der Waals surface area contributed by atoms with Gasteiger partial charge >= 0.3 is 0 Å². The lowest BCUT2D eigenvalue weighted by Gasteiger charge is -2.35. The molecular weight excluding hydrogens is 236 g/mol. The Hall–Kier alpha value is -0.570. The van der Waals surface area contributed by atoms with Crippen LogP contribution in [0.4, 0.5) is 0 Å². The van der Waals surface area contributed by atoms with E-state index in [1.54, 1.807) is 0 Å². The van der Waals surface area contributed by atoms with Crippen molar-refractivity contribution in [3.63, 3.8) is 0 Å². The summed E-state index contributed by atoms with van der Waals surface area (Å²) in [6.07, 6.45) is 9.46. The molecule has 2 fully saturated rings. The van der Waals surface area contributed by atoms with Crippen LogP contribution < -0.4 is 11.1 Å². The van der Waals surface area contributed by atoms with Gasteiger partial charge in [-0.05, 0) is 43.4 Å². The molecule has 2 aliphatic carbocycles. The van der Waals surface area contributed by atoms with Crippen LogP contribution in [0.3, 0.4) is 0 Å². The summed E-state index contributed by atoms with van der Waals surface area (Å²) in [5.74, 6) is 0.976. The average Bonchev–Trinajstić information content (AvgIpc) is 2.36. The lowest BCUT2D eigenvalue weighted by Crippen LogP contribution is -2.43. The molecule has 0 aromatic rings. The predicted molar refractivity (Wildman–Crippen MR) is 78.7 cm³/mol. The number of rotatable bonds is 3. The monoisotopic (exact) mass is 266 g/mol. The molecule has 3 heteroatoms. The molecule has 0 heterocycles. The lowest BCUT2D eigenvalue weighted by atomic mass is 9.75. The number of hydrogen-bond donors (Lipinski definition) is 2. The lowest BCUT2D eigenvalue weighted by molar-refractivity contribution is -0.127. The second kappa shape index (κ2) is 6.25. The Balaban J connectivity index is 1.80. The van der Waals surface area contributed by atoms with Gasteiger partial charge in [0.1, 0.15) is 0 Å². The van der Waals surface area contributed by atoms with Crippen molar-refractivity contribution in [2.24, 2.45) is 23.0 Å². The Morgan fingerprint density at radius 3 is 2.53 bits per heavy atom. The van der Waals surface area contributed by atoms with Gasteiger partial charge in [-0.2, -0.15) is 0 Å². The normalized spacial score (nSPS) is 34.8. The maximum absolute atomic E-state index is 12.3. The summed E-state index contributed by atoms with van der Waals surface area (Å²) < 4.78 is 0. The summed E-state index contributed by atoms with van der Waals surface area (Å²) >= 11 is 0. The molecule has 3 nitrogen and oxygen atoms in total. The molecule has 0 aromatic heterocycles. The van der Waals surface area contributed by atoms with Crippen LogP contribution in [0.25, 0.3) is 0 Å². The highest BCUT2D eigenvalue weighted by atomic mass is 16.1. The molecule has 110 valence electrons. The van der Waals surface area contributed by atoms with Gasteiger partial charge in [-0.25, -0.2) is 0 Å². The number of nitrogens with two attached hydrogens (primary N) is 1. The zero-order chi connectivity index (χ0) is 13.9. The summed E-state index contributed by atoms with van der Waals surface area (Å²) in [4.78, 5) is 12.3. The quantitative estimate of drug-likeness (QED) is 0.825. The second-order valence-electron chi connectivity index (χ2n) is 7.36. The van der Waals surface area contributed by atoms with Crippen molar-refractivity contribution in [1.82, 2.24) is 5.32 Å². The summed E-state index contributed by atoms with van der Waals surface area (Å²) in [7, 11) is 0. The van der Waals surface area contributed by atoms with Crippen LogP contribution in [0.1, 0.15) is 65.2 Å². The first-order valence-corrected chi connectivity index (χ1v) is 8.02. The standard InChI is InChI=1S/C16H30N2O/c1-12-8-13(10-14(17)9-12)15(19)18-11-16(2)6-4-3-5-7-16/h12-14H,3-11,17H2,1-2H3,(H,18,19). The molecule has 3 unspecified atom stereocenters. The second-order valence-corrected chi connectivity index (χ2v) is 7.36. The number of carbonyl (C=O) groups excluding carboxylic acids is 1. The summed E-state index contributed by atoms with van der Waals surface area (Å²) in [6.45, 7) is 5.38. The Labute approximate surface area is 117 Å². The minimum absolute atomic E-state index is 0.144. The van der Waals surface area contributed by atoms with Gasteiger partial charge in [0, 0.05) is 18.5 Å². The highest BCUT2D eigenvalue weighted by Gasteiger charge is 2.31. The molecule has 3 N–H and O–H groups in total. The Bertz CT molecular complexity index is 300. The van der Waals surface area contributed by atoms with Gasteiger partial charge in [-0.1, -0.05) is 33.1 Å². The maximum Gasteiger partial charge on any atom is 0.223 e. The zero-order valence-electron chi connectivity index (χ0n) is 12.6. The molecule has 0 radical (unpaired) electrons. The molecule has 3 atom stereocenters. The van der Waals surface area contributed by atoms with Crippen LogP contribution in [-0.2, 0) is 4.79 Å². The number of nitrogens with one attached hydrogen (secondary N) is 1. The smallest absolute Gasteiger partial charge is 0.223 e. The third-order valence-corrected chi connectivity index (χ3v) is 5.10. The SMILES string of the molecule is CC1CC(N)CC(C(=O)NCC2(C)CCCCC2)C1. The van der Waals surface area contributed by atoms with Gasteiger partial charge in [-0.15, -0.1) is 0 Å². The van der Waals surface area contributed by atoms with Crippen LogP contribution in [-0.4, -0.2) is 18.5 Å². The highest BCUT2D eigenvalue weighted by Crippen LogP contribution is 2.35. The zero-order valence-corrected chi connectivity index (χ0v) is 12.6. The van der Waals surface area contributed by atoms with Crippen molar-refractivity contribution in [3.8, 4) is 0 Å². The van der Waals surface area contributed by atoms with E-state index in [-0.39, 0.29) is 17.9 Å². The van der Waals surface area contributed by atoms with E-state index >= 15 is 0 Å². The largest absolute Gasteiger partial charge is 0.355 e. The van der Waals surface area contributed by atoms with E-state index in [2.05, 4.69) is 19.2 Å².